The molecule has 1 aromatic carbocycles. The molecule has 2 fully saturated rings. The Morgan fingerprint density at radius 3 is 2.55 bits per heavy atom. The van der Waals surface area contributed by atoms with E-state index in [9.17, 15) is 13.2 Å². The summed E-state index contributed by atoms with van der Waals surface area (Å²) < 4.78 is 37.8. The van der Waals surface area contributed by atoms with Crippen molar-refractivity contribution in [1.29, 1.82) is 0 Å². The number of ether oxygens (including phenoxy) is 2. The first kappa shape index (κ1) is 26.5. The van der Waals surface area contributed by atoms with E-state index >= 15 is 0 Å². The average Bonchev–Trinajstić information content (AvgIpc) is 2.96. The van der Waals surface area contributed by atoms with Crippen LogP contribution in [0.3, 0.4) is 0 Å². The average molecular weight is 540 g/mol. The SMILES string of the molecule is CCS(=O)(=O)N1CCC(c2ccc(-c3cc4nccnc4c(OC[C@@H]4CN(C(C)=O)CCO4)n3)cc2)CC1. The molecule has 0 radical (unpaired) electrons. The minimum absolute atomic E-state index is 0.0229. The molecule has 2 aromatic heterocycles. The number of rotatable bonds is 7. The van der Waals surface area contributed by atoms with Crippen molar-refractivity contribution in [2.75, 3.05) is 45.1 Å². The lowest BCUT2D eigenvalue weighted by Crippen LogP contribution is -2.46. The second kappa shape index (κ2) is 11.3. The van der Waals surface area contributed by atoms with Gasteiger partial charge in [0, 0.05) is 44.5 Å². The first-order valence-electron chi connectivity index (χ1n) is 13.0. The summed E-state index contributed by atoms with van der Waals surface area (Å²) in [6.45, 7) is 6.15. The first-order valence-corrected chi connectivity index (χ1v) is 14.6. The Morgan fingerprint density at radius 2 is 1.84 bits per heavy atom. The summed E-state index contributed by atoms with van der Waals surface area (Å²) >= 11 is 0. The largest absolute Gasteiger partial charge is 0.473 e. The Hall–Kier alpha value is -3.15. The van der Waals surface area contributed by atoms with Crippen molar-refractivity contribution in [2.45, 2.75) is 38.7 Å². The molecule has 1 amide bonds. The highest BCUT2D eigenvalue weighted by Crippen LogP contribution is 2.32. The molecule has 38 heavy (non-hydrogen) atoms. The van der Waals surface area contributed by atoms with Crippen LogP contribution in [0.25, 0.3) is 22.3 Å². The second-order valence-electron chi connectivity index (χ2n) is 9.70. The zero-order chi connectivity index (χ0) is 26.7. The van der Waals surface area contributed by atoms with Crippen molar-refractivity contribution in [3.63, 3.8) is 0 Å². The number of hydrogen-bond acceptors (Lipinski definition) is 8. The normalized spacial score (nSPS) is 19.5. The monoisotopic (exact) mass is 539 g/mol. The lowest BCUT2D eigenvalue weighted by molar-refractivity contribution is -0.137. The van der Waals surface area contributed by atoms with E-state index in [1.54, 1.807) is 35.4 Å². The van der Waals surface area contributed by atoms with Gasteiger partial charge in [-0.25, -0.2) is 22.7 Å². The number of nitrogens with zero attached hydrogens (tertiary/aromatic N) is 5. The van der Waals surface area contributed by atoms with E-state index in [0.29, 0.717) is 55.6 Å². The van der Waals surface area contributed by atoms with Gasteiger partial charge in [0.2, 0.25) is 21.8 Å². The lowest BCUT2D eigenvalue weighted by atomic mass is 9.89. The Morgan fingerprint density at radius 1 is 1.11 bits per heavy atom. The molecular formula is C27H33N5O5S. The number of benzene rings is 1. The molecule has 202 valence electrons. The predicted molar refractivity (Wildman–Crippen MR) is 143 cm³/mol. The van der Waals surface area contributed by atoms with Gasteiger partial charge in [-0.2, -0.15) is 0 Å². The Kier molecular flexibility index (Phi) is 7.87. The molecule has 4 heterocycles. The molecule has 0 spiro atoms. The summed E-state index contributed by atoms with van der Waals surface area (Å²) in [5, 5.41) is 0. The number of carbonyl (C=O) groups excluding carboxylic acids is 1. The number of fused-ring (bicyclic) bond motifs is 1. The molecule has 10 nitrogen and oxygen atoms in total. The van der Waals surface area contributed by atoms with Gasteiger partial charge in [-0.1, -0.05) is 24.3 Å². The van der Waals surface area contributed by atoms with Crippen LogP contribution in [0, 0.1) is 0 Å². The van der Waals surface area contributed by atoms with Crippen LogP contribution in [0.2, 0.25) is 0 Å². The van der Waals surface area contributed by atoms with Crippen LogP contribution >= 0.6 is 0 Å². The van der Waals surface area contributed by atoms with Gasteiger partial charge < -0.3 is 14.4 Å². The van der Waals surface area contributed by atoms with E-state index in [1.807, 2.05) is 18.2 Å². The van der Waals surface area contributed by atoms with Gasteiger partial charge in [0.1, 0.15) is 12.7 Å². The van der Waals surface area contributed by atoms with E-state index < -0.39 is 10.0 Å². The number of morpholine rings is 1. The summed E-state index contributed by atoms with van der Waals surface area (Å²) in [5.74, 6) is 0.871. The first-order chi connectivity index (χ1) is 18.3. The maximum atomic E-state index is 12.2. The third-order valence-electron chi connectivity index (χ3n) is 7.30. The Labute approximate surface area is 223 Å². The smallest absolute Gasteiger partial charge is 0.242 e. The Bertz CT molecular complexity index is 1390. The highest BCUT2D eigenvalue weighted by atomic mass is 32.2. The fourth-order valence-electron chi connectivity index (χ4n) is 5.05. The topological polar surface area (TPSA) is 115 Å². The molecule has 2 aliphatic rings. The van der Waals surface area contributed by atoms with E-state index in [4.69, 9.17) is 14.5 Å². The number of piperidine rings is 1. The van der Waals surface area contributed by atoms with Crippen molar-refractivity contribution >= 4 is 27.0 Å². The second-order valence-corrected chi connectivity index (χ2v) is 12.0. The van der Waals surface area contributed by atoms with Crippen molar-refractivity contribution in [1.82, 2.24) is 24.2 Å². The van der Waals surface area contributed by atoms with Gasteiger partial charge in [-0.05, 0) is 37.3 Å². The fourth-order valence-corrected chi connectivity index (χ4v) is 6.18. The van der Waals surface area contributed by atoms with E-state index in [2.05, 4.69) is 22.1 Å². The van der Waals surface area contributed by atoms with Crippen LogP contribution < -0.4 is 4.74 Å². The lowest BCUT2D eigenvalue weighted by Gasteiger charge is -2.32. The molecule has 11 heteroatoms. The molecule has 2 aliphatic heterocycles. The number of aromatic nitrogens is 3. The third-order valence-corrected chi connectivity index (χ3v) is 9.19. The molecule has 3 aromatic rings. The van der Waals surface area contributed by atoms with Crippen molar-refractivity contribution in [2.24, 2.45) is 0 Å². The van der Waals surface area contributed by atoms with E-state index in [1.165, 1.54) is 5.56 Å². The number of sulfonamides is 1. The number of carbonyl (C=O) groups is 1. The number of hydrogen-bond donors (Lipinski definition) is 0. The number of pyridine rings is 1. The highest BCUT2D eigenvalue weighted by molar-refractivity contribution is 7.89. The molecule has 5 rings (SSSR count). The van der Waals surface area contributed by atoms with Crippen molar-refractivity contribution in [3.8, 4) is 17.1 Å². The maximum absolute atomic E-state index is 12.2. The number of amides is 1. The summed E-state index contributed by atoms with van der Waals surface area (Å²) in [4.78, 5) is 27.2. The molecule has 0 bridgehead atoms. The molecule has 2 saturated heterocycles. The third kappa shape index (κ3) is 5.79. The molecule has 0 unspecified atom stereocenters. The van der Waals surface area contributed by atoms with Crippen molar-refractivity contribution < 1.29 is 22.7 Å². The van der Waals surface area contributed by atoms with Crippen LogP contribution in [0.4, 0.5) is 0 Å². The van der Waals surface area contributed by atoms with Gasteiger partial charge in [0.05, 0.1) is 30.1 Å². The Balaban J connectivity index is 1.31. The summed E-state index contributed by atoms with van der Waals surface area (Å²) in [6, 6.07) is 10.2. The summed E-state index contributed by atoms with van der Waals surface area (Å²) in [6.07, 6.45) is 4.62. The van der Waals surface area contributed by atoms with Gasteiger partial charge in [-0.3, -0.25) is 9.78 Å². The fraction of sp³-hybridized carbons (Fsp3) is 0.481. The standard InChI is InChI=1S/C27H33N5O5S/c1-3-38(34,35)32-12-8-21(9-13-32)20-4-6-22(7-5-20)24-16-25-26(29-11-10-28-25)27(30-24)37-18-23-17-31(19(2)33)14-15-36-23/h4-7,10-11,16,21,23H,3,8-9,12-15,17-18H2,1-2H3/t23-/m0/s1. The predicted octanol–water partition coefficient (Wildman–Crippen LogP) is 2.85. The van der Waals surface area contributed by atoms with Crippen LogP contribution in [0.15, 0.2) is 42.7 Å². The van der Waals surface area contributed by atoms with Gasteiger partial charge in [0.25, 0.3) is 0 Å². The molecule has 0 N–H and O–H groups in total. The summed E-state index contributed by atoms with van der Waals surface area (Å²) in [7, 11) is -3.13. The maximum Gasteiger partial charge on any atom is 0.242 e. The van der Waals surface area contributed by atoms with Crippen LogP contribution in [-0.4, -0.2) is 89.7 Å². The quantitative estimate of drug-likeness (QED) is 0.450. The van der Waals surface area contributed by atoms with Gasteiger partial charge in [-0.15, -0.1) is 0 Å². The van der Waals surface area contributed by atoms with Gasteiger partial charge >= 0.3 is 0 Å². The zero-order valence-electron chi connectivity index (χ0n) is 21.7. The van der Waals surface area contributed by atoms with Crippen LogP contribution in [-0.2, 0) is 19.6 Å². The van der Waals surface area contributed by atoms with Crippen LogP contribution in [0.1, 0.15) is 38.2 Å². The zero-order valence-corrected chi connectivity index (χ0v) is 22.6. The minimum Gasteiger partial charge on any atom is -0.473 e. The van der Waals surface area contributed by atoms with Gasteiger partial charge in [0.15, 0.2) is 5.52 Å². The van der Waals surface area contributed by atoms with E-state index in [0.717, 1.165) is 24.1 Å². The van der Waals surface area contributed by atoms with Crippen LogP contribution in [0.5, 0.6) is 5.88 Å². The van der Waals surface area contributed by atoms with E-state index in [-0.39, 0.29) is 24.4 Å². The molecular weight excluding hydrogens is 506 g/mol. The highest BCUT2D eigenvalue weighted by Gasteiger charge is 2.27. The molecule has 0 saturated carbocycles. The summed E-state index contributed by atoms with van der Waals surface area (Å²) in [5.41, 5.74) is 4.09. The van der Waals surface area contributed by atoms with Crippen molar-refractivity contribution in [3.05, 3.63) is 48.3 Å². The minimum atomic E-state index is -3.13. The molecule has 0 aliphatic carbocycles. The molecule has 1 atom stereocenters.